The average Bonchev–Trinajstić information content (AvgIpc) is 0.880. The number of oxime groups is 1. The van der Waals surface area contributed by atoms with Crippen LogP contribution < -0.4 is 30.3 Å². The van der Waals surface area contributed by atoms with Gasteiger partial charge in [0, 0.05) is 28.3 Å². The Morgan fingerprint density at radius 2 is 1.33 bits per heavy atom. The summed E-state index contributed by atoms with van der Waals surface area (Å²) >= 11 is 11.6. The molecule has 2 N–H and O–H groups in total. The zero-order chi connectivity index (χ0) is 64.7. The SMILES string of the molecule is COc1ccc(COC(=O)C2=C(CSc3cc(=O)c4cc(OC(=O)OC(C)(C)C)c(OC(=O)OC(C)(C)C)c(Cl)c4s3)CS[C@@H]3C(NC(=O)/C(=N\OCC(=O)OC(C)(C)C)c4csc(NC(c5ccccc5)(c5ccccc5)c5ccccc5)n4)C(=O)N23)cc1. The van der Waals surface area contributed by atoms with Crippen molar-refractivity contribution in [2.75, 3.05) is 30.5 Å². The van der Waals surface area contributed by atoms with Crippen LogP contribution in [-0.2, 0) is 55.1 Å². The molecule has 2 amide bonds. The summed E-state index contributed by atoms with van der Waals surface area (Å²) in [5, 5.41) is 11.6. The number of hydrogen-bond donors (Lipinski definition) is 2. The van der Waals surface area contributed by atoms with Gasteiger partial charge in [0.1, 0.15) is 62.5 Å². The fraction of sp³-hybridized carbons (Fsp3) is 0.308. The minimum Gasteiger partial charge on any atom is -0.497 e. The summed E-state index contributed by atoms with van der Waals surface area (Å²) in [4.78, 5) is 109. The van der Waals surface area contributed by atoms with Crippen molar-refractivity contribution in [2.24, 2.45) is 5.16 Å². The number of ether oxygens (including phenoxy) is 7. The van der Waals surface area contributed by atoms with Crippen LogP contribution in [0, 0.1) is 0 Å². The van der Waals surface area contributed by atoms with E-state index in [9.17, 15) is 33.6 Å². The third kappa shape index (κ3) is 15.9. The van der Waals surface area contributed by atoms with Gasteiger partial charge in [-0.05, 0) is 108 Å². The summed E-state index contributed by atoms with van der Waals surface area (Å²) in [5.41, 5.74) is -0.966. The molecule has 1 unspecified atom stereocenters. The molecule has 0 aliphatic carbocycles. The number of carbonyl (C=O) groups excluding carboxylic acids is 6. The van der Waals surface area contributed by atoms with Crippen LogP contribution in [-0.4, -0.2) is 105 Å². The van der Waals surface area contributed by atoms with Gasteiger partial charge in [-0.2, -0.15) is 0 Å². The maximum atomic E-state index is 14.8. The van der Waals surface area contributed by atoms with Gasteiger partial charge in [-0.15, -0.1) is 46.2 Å². The van der Waals surface area contributed by atoms with Crippen LogP contribution >= 0.6 is 57.8 Å². The first-order valence-electron chi connectivity index (χ1n) is 28.0. The molecule has 2 aromatic heterocycles. The molecule has 5 aromatic carbocycles. The lowest BCUT2D eigenvalue weighted by atomic mass is 9.77. The number of amides is 2. The van der Waals surface area contributed by atoms with Crippen LogP contribution in [0.15, 0.2) is 158 Å². The van der Waals surface area contributed by atoms with E-state index < -0.39 is 87.6 Å². The van der Waals surface area contributed by atoms with Gasteiger partial charge < -0.3 is 48.6 Å². The Kier molecular flexibility index (Phi) is 20.4. The van der Waals surface area contributed by atoms with Crippen LogP contribution in [0.4, 0.5) is 14.7 Å². The van der Waals surface area contributed by atoms with E-state index in [4.69, 9.17) is 54.6 Å². The minimum absolute atomic E-state index is 0.0210. The summed E-state index contributed by atoms with van der Waals surface area (Å²) in [7, 11) is 1.53. The quantitative estimate of drug-likeness (QED) is 0.0105. The van der Waals surface area contributed by atoms with Gasteiger partial charge in [0.05, 0.1) is 16.0 Å². The Labute approximate surface area is 540 Å². The molecule has 9 rings (SSSR count). The molecule has 1 saturated heterocycles. The first-order chi connectivity index (χ1) is 42.7. The molecular weight excluding hydrogens is 1250 g/mol. The van der Waals surface area contributed by atoms with Crippen molar-refractivity contribution in [3.8, 4) is 17.2 Å². The number of benzene rings is 5. The second-order valence-electron chi connectivity index (χ2n) is 23.3. The monoisotopic (exact) mass is 1320 g/mol. The number of esters is 2. The van der Waals surface area contributed by atoms with E-state index in [0.29, 0.717) is 26.2 Å². The molecule has 4 heterocycles. The first-order valence-corrected chi connectivity index (χ1v) is 32.2. The van der Waals surface area contributed by atoms with E-state index in [-0.39, 0.29) is 56.1 Å². The Morgan fingerprint density at radius 3 is 1.90 bits per heavy atom. The first kappa shape index (κ1) is 66.0. The number of anilines is 1. The smallest absolute Gasteiger partial charge is 0.497 e. The summed E-state index contributed by atoms with van der Waals surface area (Å²) in [6.45, 7) is 14.0. The topological polar surface area (TPSA) is 246 Å². The molecule has 25 heteroatoms. The van der Waals surface area contributed by atoms with E-state index >= 15 is 0 Å². The second kappa shape index (κ2) is 27.8. The van der Waals surface area contributed by atoms with Gasteiger partial charge in [-0.25, -0.2) is 24.2 Å². The molecule has 2 aliphatic rings. The van der Waals surface area contributed by atoms with Gasteiger partial charge >= 0.3 is 24.2 Å². The maximum Gasteiger partial charge on any atom is 0.514 e. The van der Waals surface area contributed by atoms with Crippen LogP contribution in [0.1, 0.15) is 90.3 Å². The maximum absolute atomic E-state index is 14.8. The van der Waals surface area contributed by atoms with E-state index in [0.717, 1.165) is 39.8 Å². The van der Waals surface area contributed by atoms with Gasteiger partial charge in [0.25, 0.3) is 11.8 Å². The van der Waals surface area contributed by atoms with Gasteiger partial charge in [-0.1, -0.05) is 120 Å². The molecule has 0 spiro atoms. The fourth-order valence-electron chi connectivity index (χ4n) is 9.34. The number of halogens is 1. The number of carbonyl (C=O) groups is 6. The highest BCUT2D eigenvalue weighted by atomic mass is 35.5. The molecule has 1 fully saturated rings. The molecule has 7 aromatic rings. The number of nitrogens with one attached hydrogen (secondary N) is 2. The molecular formula is C65H64ClN5O15S4. The number of rotatable bonds is 20. The van der Waals surface area contributed by atoms with Gasteiger partial charge in [-0.3, -0.25) is 19.3 Å². The van der Waals surface area contributed by atoms with E-state index in [2.05, 4.69) is 15.8 Å². The van der Waals surface area contributed by atoms with Crippen molar-refractivity contribution < 1.29 is 66.8 Å². The van der Waals surface area contributed by atoms with Crippen molar-refractivity contribution in [3.05, 3.63) is 187 Å². The number of hydrogen-bond acceptors (Lipinski definition) is 22. The second-order valence-corrected chi connectivity index (χ2v) is 28.0. The number of fused-ring (bicyclic) bond motifs is 2. The molecule has 0 saturated carbocycles. The molecule has 0 bridgehead atoms. The third-order valence-corrected chi connectivity index (χ3v) is 18.1. The number of aromatic nitrogens is 1. The van der Waals surface area contributed by atoms with Crippen LogP contribution in [0.25, 0.3) is 10.1 Å². The third-order valence-electron chi connectivity index (χ3n) is 13.1. The van der Waals surface area contributed by atoms with Crippen molar-refractivity contribution >= 4 is 115 Å². The zero-order valence-electron chi connectivity index (χ0n) is 50.7. The number of methoxy groups -OCH3 is 1. The molecule has 470 valence electrons. The Hall–Kier alpha value is -8.42. The molecule has 2 atom stereocenters. The van der Waals surface area contributed by atoms with Gasteiger partial charge in [0.2, 0.25) is 6.61 Å². The lowest BCUT2D eigenvalue weighted by Crippen LogP contribution is -2.71. The Morgan fingerprint density at radius 1 is 0.756 bits per heavy atom. The average molecular weight is 1320 g/mol. The van der Waals surface area contributed by atoms with Crippen molar-refractivity contribution in [1.29, 1.82) is 0 Å². The lowest BCUT2D eigenvalue weighted by molar-refractivity contribution is -0.160. The van der Waals surface area contributed by atoms with Crippen molar-refractivity contribution in [3.63, 3.8) is 0 Å². The zero-order valence-corrected chi connectivity index (χ0v) is 54.7. The highest BCUT2D eigenvalue weighted by Crippen LogP contribution is 2.47. The predicted molar refractivity (Wildman–Crippen MR) is 346 cm³/mol. The normalized spacial score (nSPS) is 15.2. The van der Waals surface area contributed by atoms with Crippen LogP contribution in [0.3, 0.4) is 0 Å². The summed E-state index contributed by atoms with van der Waals surface area (Å²) < 4.78 is 38.9. The van der Waals surface area contributed by atoms with Gasteiger partial charge in [0.15, 0.2) is 27.8 Å². The summed E-state index contributed by atoms with van der Waals surface area (Å²) in [6, 6.07) is 37.7. The van der Waals surface area contributed by atoms with Crippen LogP contribution in [0.5, 0.6) is 17.2 Å². The number of β-lactam (4-membered cyclic amide) rings is 1. The Balaban J connectivity index is 1.02. The van der Waals surface area contributed by atoms with Crippen LogP contribution in [0.2, 0.25) is 5.02 Å². The largest absolute Gasteiger partial charge is 0.514 e. The molecule has 2 aliphatic heterocycles. The summed E-state index contributed by atoms with van der Waals surface area (Å²) in [5.74, 6) is -3.13. The van der Waals surface area contributed by atoms with Crippen molar-refractivity contribution in [1.82, 2.24) is 15.2 Å². The fourth-order valence-corrected chi connectivity index (χ4v) is 14.1. The highest BCUT2D eigenvalue weighted by Gasteiger charge is 2.55. The Bertz CT molecular complexity index is 3860. The van der Waals surface area contributed by atoms with E-state index in [1.165, 1.54) is 47.2 Å². The van der Waals surface area contributed by atoms with E-state index in [1.54, 1.807) is 92.0 Å². The standard InChI is InChI=1S/C65H64ClN5O15S4/c1-62(2,3)84-47(73)33-81-70-50(44-36-89-59(67-44)69-65(39-20-14-11-15-21-39,40-22-16-12-17-23-40)41-24-18-13-19-25-41)55(74)68-51-56(75)71-52(58(76)80-32-37-26-28-42(79-10)29-27-37)38(35-88-57(51)71)34-87-48-31-45(72)43-30-46(82-60(77)85-63(4,5)6)53(49(66)54(43)90-48)83-61(78)86-64(7,8)9/h11-31,36,51,57H,32-35H2,1-10H3,(H,67,69)(H,68,74)/b70-50-/t51?,57-/m1/s1. The number of nitrogens with zero attached hydrogens (tertiary/aromatic N) is 3. The highest BCUT2D eigenvalue weighted by molar-refractivity contribution is 8.02. The summed E-state index contributed by atoms with van der Waals surface area (Å²) in [6.07, 6.45) is -2.32. The van der Waals surface area contributed by atoms with E-state index in [1.807, 2.05) is 91.0 Å². The molecule has 90 heavy (non-hydrogen) atoms. The number of thioether (sulfide) groups is 2. The molecule has 20 nitrogen and oxygen atoms in total. The number of thiazole rings is 1. The minimum atomic E-state index is -1.22. The lowest BCUT2D eigenvalue weighted by Gasteiger charge is -2.49. The molecule has 0 radical (unpaired) electrons. The predicted octanol–water partition coefficient (Wildman–Crippen LogP) is 12.7. The van der Waals surface area contributed by atoms with Crippen molar-refractivity contribution in [2.45, 2.75) is 107 Å².